The van der Waals surface area contributed by atoms with Crippen LogP contribution in [-0.4, -0.2) is 46.3 Å². The number of hydrogen-bond donors (Lipinski definition) is 2. The van der Waals surface area contributed by atoms with Gasteiger partial charge in [-0.05, 0) is 31.9 Å². The number of carboxylic acid groups (broad SMARTS) is 1. The van der Waals surface area contributed by atoms with Gasteiger partial charge in [-0.15, -0.1) is 0 Å². The molecule has 1 saturated carbocycles. The average molecular weight is 360 g/mol. The van der Waals surface area contributed by atoms with E-state index in [0.717, 1.165) is 31.9 Å². The molecule has 0 aromatic carbocycles. The number of halogens is 1. The fraction of sp³-hybridized carbons (Fsp3) is 0.500. The summed E-state index contributed by atoms with van der Waals surface area (Å²) in [6.07, 6.45) is 4.06. The number of aromatic nitrogens is 2. The molecule has 7 nitrogen and oxygen atoms in total. The van der Waals surface area contributed by atoms with Crippen molar-refractivity contribution in [3.05, 3.63) is 33.9 Å². The zero-order valence-electron chi connectivity index (χ0n) is 14.5. The molecule has 26 heavy (non-hydrogen) atoms. The van der Waals surface area contributed by atoms with Gasteiger partial charge in [0.25, 0.3) is 0 Å². The number of aromatic carboxylic acids is 1. The molecule has 0 radical (unpaired) electrons. The van der Waals surface area contributed by atoms with Gasteiger partial charge in [-0.2, -0.15) is 0 Å². The van der Waals surface area contributed by atoms with Crippen molar-refractivity contribution in [2.45, 2.75) is 38.3 Å². The Kier molecular flexibility index (Phi) is 4.14. The van der Waals surface area contributed by atoms with E-state index in [-0.39, 0.29) is 28.9 Å². The molecule has 1 unspecified atom stereocenters. The van der Waals surface area contributed by atoms with Crippen molar-refractivity contribution in [2.75, 3.05) is 24.5 Å². The zero-order chi connectivity index (χ0) is 18.4. The lowest BCUT2D eigenvalue weighted by molar-refractivity contribution is 0.0695. The molecule has 2 fully saturated rings. The van der Waals surface area contributed by atoms with Crippen molar-refractivity contribution < 1.29 is 14.3 Å². The Hall–Kier alpha value is -2.48. The van der Waals surface area contributed by atoms with E-state index in [9.17, 15) is 19.1 Å². The lowest BCUT2D eigenvalue weighted by atomic mass is 10.2. The smallest absolute Gasteiger partial charge is 0.341 e. The number of likely N-dealkylation sites (N-methyl/N-ethyl adjacent to an activating group) is 1. The molecule has 2 aliphatic rings. The number of fused-ring (bicyclic) bond motifs is 1. The van der Waals surface area contributed by atoms with Crippen molar-refractivity contribution in [3.8, 4) is 0 Å². The second kappa shape index (κ2) is 6.35. The summed E-state index contributed by atoms with van der Waals surface area (Å²) < 4.78 is 16.4. The van der Waals surface area contributed by atoms with E-state index in [1.165, 1.54) is 6.20 Å². The molecular weight excluding hydrogens is 339 g/mol. The first kappa shape index (κ1) is 17.0. The second-order valence-electron chi connectivity index (χ2n) is 6.97. The summed E-state index contributed by atoms with van der Waals surface area (Å²) in [6.45, 7) is 4.23. The highest BCUT2D eigenvalue weighted by Crippen LogP contribution is 2.37. The van der Waals surface area contributed by atoms with Crippen LogP contribution < -0.4 is 15.6 Å². The standard InChI is InChI=1S/C18H21FN4O3/c1-2-20-10-5-6-22(8-10)17-14(19)7-12-15(24)13(18(25)26)9-23(11-3-4-11)16(12)21-17/h7,9-11,20H,2-6,8H2,1H3,(H,25,26). The molecule has 138 valence electrons. The van der Waals surface area contributed by atoms with Crippen LogP contribution in [0, 0.1) is 5.82 Å². The minimum atomic E-state index is -1.30. The lowest BCUT2D eigenvalue weighted by Gasteiger charge is -2.20. The summed E-state index contributed by atoms with van der Waals surface area (Å²) in [5.74, 6) is -1.66. The van der Waals surface area contributed by atoms with E-state index in [1.54, 1.807) is 4.57 Å². The van der Waals surface area contributed by atoms with E-state index < -0.39 is 17.2 Å². The van der Waals surface area contributed by atoms with Crippen LogP contribution in [0.3, 0.4) is 0 Å². The van der Waals surface area contributed by atoms with Gasteiger partial charge in [0.1, 0.15) is 11.2 Å². The minimum Gasteiger partial charge on any atom is -0.477 e. The van der Waals surface area contributed by atoms with Crippen LogP contribution in [0.1, 0.15) is 42.6 Å². The first-order valence-electron chi connectivity index (χ1n) is 8.96. The Morgan fingerprint density at radius 1 is 1.42 bits per heavy atom. The molecule has 8 heteroatoms. The number of nitrogens with zero attached hydrogens (tertiary/aromatic N) is 3. The Labute approximate surface area is 149 Å². The topological polar surface area (TPSA) is 87.5 Å². The Balaban J connectivity index is 1.84. The van der Waals surface area contributed by atoms with Gasteiger partial charge < -0.3 is 19.9 Å². The fourth-order valence-electron chi connectivity index (χ4n) is 3.65. The monoisotopic (exact) mass is 360 g/mol. The molecule has 1 aliphatic carbocycles. The van der Waals surface area contributed by atoms with Gasteiger partial charge >= 0.3 is 5.97 Å². The van der Waals surface area contributed by atoms with Crippen LogP contribution in [-0.2, 0) is 0 Å². The van der Waals surface area contributed by atoms with Crippen molar-refractivity contribution in [3.63, 3.8) is 0 Å². The summed E-state index contributed by atoms with van der Waals surface area (Å²) >= 11 is 0. The molecule has 2 aromatic heterocycles. The third kappa shape index (κ3) is 2.84. The fourth-order valence-corrected chi connectivity index (χ4v) is 3.65. The molecule has 0 amide bonds. The quantitative estimate of drug-likeness (QED) is 0.845. The van der Waals surface area contributed by atoms with Gasteiger partial charge in [0.15, 0.2) is 11.6 Å². The van der Waals surface area contributed by atoms with Gasteiger partial charge in [0.2, 0.25) is 5.43 Å². The van der Waals surface area contributed by atoms with E-state index in [2.05, 4.69) is 10.3 Å². The Morgan fingerprint density at radius 2 is 2.19 bits per heavy atom. The molecule has 0 spiro atoms. The Bertz CT molecular complexity index is 938. The summed E-state index contributed by atoms with van der Waals surface area (Å²) in [7, 11) is 0. The highest BCUT2D eigenvalue weighted by atomic mass is 19.1. The van der Waals surface area contributed by atoms with E-state index in [4.69, 9.17) is 0 Å². The second-order valence-corrected chi connectivity index (χ2v) is 6.97. The highest BCUT2D eigenvalue weighted by Gasteiger charge is 2.30. The minimum absolute atomic E-state index is 0.0282. The molecule has 3 heterocycles. The average Bonchev–Trinajstić information content (AvgIpc) is 3.34. The van der Waals surface area contributed by atoms with Gasteiger partial charge in [0.05, 0.1) is 5.39 Å². The lowest BCUT2D eigenvalue weighted by Crippen LogP contribution is -2.33. The van der Waals surface area contributed by atoms with E-state index >= 15 is 0 Å². The molecule has 2 aromatic rings. The summed E-state index contributed by atoms with van der Waals surface area (Å²) in [5, 5.41) is 12.7. The van der Waals surface area contributed by atoms with Gasteiger partial charge in [-0.1, -0.05) is 6.92 Å². The van der Waals surface area contributed by atoms with Gasteiger partial charge in [-0.3, -0.25) is 4.79 Å². The summed E-state index contributed by atoms with van der Waals surface area (Å²) in [4.78, 5) is 30.2. The summed E-state index contributed by atoms with van der Waals surface area (Å²) in [6, 6.07) is 1.55. The first-order chi connectivity index (χ1) is 12.5. The highest BCUT2D eigenvalue weighted by molar-refractivity contribution is 5.92. The predicted molar refractivity (Wildman–Crippen MR) is 95.5 cm³/mol. The van der Waals surface area contributed by atoms with E-state index in [1.807, 2.05) is 11.8 Å². The number of rotatable bonds is 5. The predicted octanol–water partition coefficient (Wildman–Crippen LogP) is 1.76. The molecule has 4 rings (SSSR count). The molecule has 2 N–H and O–H groups in total. The van der Waals surface area contributed by atoms with Crippen LogP contribution in [0.15, 0.2) is 17.1 Å². The molecule has 1 saturated heterocycles. The number of carboxylic acids is 1. The number of pyridine rings is 2. The van der Waals surface area contributed by atoms with Crippen LogP contribution in [0.25, 0.3) is 11.0 Å². The maximum absolute atomic E-state index is 14.7. The Morgan fingerprint density at radius 3 is 2.85 bits per heavy atom. The number of nitrogens with one attached hydrogen (secondary N) is 1. The zero-order valence-corrected chi connectivity index (χ0v) is 14.5. The SMILES string of the molecule is CCNC1CCN(c2nc3c(cc2F)c(=O)c(C(=O)O)cn3C2CC2)C1. The van der Waals surface area contributed by atoms with Crippen molar-refractivity contribution in [1.82, 2.24) is 14.9 Å². The van der Waals surface area contributed by atoms with Crippen molar-refractivity contribution in [2.24, 2.45) is 0 Å². The largest absolute Gasteiger partial charge is 0.477 e. The number of anilines is 1. The van der Waals surface area contributed by atoms with Crippen LogP contribution in [0.2, 0.25) is 0 Å². The first-order valence-corrected chi connectivity index (χ1v) is 8.96. The van der Waals surface area contributed by atoms with Gasteiger partial charge in [0, 0.05) is 31.4 Å². The van der Waals surface area contributed by atoms with Crippen molar-refractivity contribution in [1.29, 1.82) is 0 Å². The maximum Gasteiger partial charge on any atom is 0.341 e. The van der Waals surface area contributed by atoms with Crippen LogP contribution in [0.5, 0.6) is 0 Å². The molecular formula is C18H21FN4O3. The molecule has 0 bridgehead atoms. The third-order valence-electron chi connectivity index (χ3n) is 5.09. The summed E-state index contributed by atoms with van der Waals surface area (Å²) in [5.41, 5.74) is -0.660. The maximum atomic E-state index is 14.7. The van der Waals surface area contributed by atoms with Crippen LogP contribution >= 0.6 is 0 Å². The molecule has 1 atom stereocenters. The van der Waals surface area contributed by atoms with Gasteiger partial charge in [-0.25, -0.2) is 14.2 Å². The third-order valence-corrected chi connectivity index (χ3v) is 5.09. The number of carbonyl (C=O) groups is 1. The number of hydrogen-bond acceptors (Lipinski definition) is 5. The van der Waals surface area contributed by atoms with E-state index in [0.29, 0.717) is 18.7 Å². The van der Waals surface area contributed by atoms with Crippen LogP contribution in [0.4, 0.5) is 10.2 Å². The van der Waals surface area contributed by atoms with Crippen molar-refractivity contribution >= 4 is 22.8 Å². The molecule has 1 aliphatic heterocycles. The normalized spacial score (nSPS) is 20.1.